The van der Waals surface area contributed by atoms with E-state index in [-0.39, 0.29) is 17.9 Å². The second-order valence-electron chi connectivity index (χ2n) is 5.33. The molecule has 2 unspecified atom stereocenters. The van der Waals surface area contributed by atoms with Gasteiger partial charge in [-0.05, 0) is 32.2 Å². The number of halogens is 3. The molecule has 19 heavy (non-hydrogen) atoms. The predicted octanol–water partition coefficient (Wildman–Crippen LogP) is 1.11. The van der Waals surface area contributed by atoms with Crippen molar-refractivity contribution in [3.63, 3.8) is 0 Å². The van der Waals surface area contributed by atoms with Crippen molar-refractivity contribution >= 4 is 5.91 Å². The molecule has 0 aromatic rings. The zero-order valence-corrected chi connectivity index (χ0v) is 11.2. The van der Waals surface area contributed by atoms with Crippen LogP contribution in [0.2, 0.25) is 0 Å². The first-order valence-electron chi connectivity index (χ1n) is 6.57. The summed E-state index contributed by atoms with van der Waals surface area (Å²) in [6, 6.07) is -0.0143. The molecule has 3 N–H and O–H groups in total. The van der Waals surface area contributed by atoms with Crippen molar-refractivity contribution in [2.24, 2.45) is 11.7 Å². The summed E-state index contributed by atoms with van der Waals surface area (Å²) in [4.78, 5) is 12.8. The highest BCUT2D eigenvalue weighted by molar-refractivity contribution is 5.75. The van der Waals surface area contributed by atoms with Gasteiger partial charge in [-0.2, -0.15) is 13.2 Å². The summed E-state index contributed by atoms with van der Waals surface area (Å²) in [7, 11) is 0. The SMILES string of the molecule is CC(N)CCC(=O)NCC1CCN(CC(F)(F)F)C1. The standard InChI is InChI=1S/C12H22F3N3O/c1-9(16)2-3-11(19)17-6-10-4-5-18(7-10)8-12(13,14)15/h9-10H,2-8,16H2,1H3,(H,17,19). The summed E-state index contributed by atoms with van der Waals surface area (Å²) >= 11 is 0. The lowest BCUT2D eigenvalue weighted by Gasteiger charge is -2.18. The zero-order chi connectivity index (χ0) is 14.5. The van der Waals surface area contributed by atoms with Gasteiger partial charge in [0.05, 0.1) is 6.54 Å². The van der Waals surface area contributed by atoms with Crippen molar-refractivity contribution in [3.05, 3.63) is 0 Å². The van der Waals surface area contributed by atoms with Crippen LogP contribution in [0.1, 0.15) is 26.2 Å². The minimum absolute atomic E-state index is 0.0143. The normalized spacial score (nSPS) is 22.5. The minimum Gasteiger partial charge on any atom is -0.356 e. The quantitative estimate of drug-likeness (QED) is 0.767. The van der Waals surface area contributed by atoms with E-state index in [1.165, 1.54) is 4.90 Å². The van der Waals surface area contributed by atoms with Crippen LogP contribution >= 0.6 is 0 Å². The largest absolute Gasteiger partial charge is 0.401 e. The zero-order valence-electron chi connectivity index (χ0n) is 11.2. The van der Waals surface area contributed by atoms with Gasteiger partial charge in [-0.15, -0.1) is 0 Å². The van der Waals surface area contributed by atoms with E-state index >= 15 is 0 Å². The average Bonchev–Trinajstić information content (AvgIpc) is 2.68. The molecule has 1 rings (SSSR count). The summed E-state index contributed by atoms with van der Waals surface area (Å²) < 4.78 is 36.6. The number of amides is 1. The van der Waals surface area contributed by atoms with Crippen molar-refractivity contribution < 1.29 is 18.0 Å². The number of alkyl halides is 3. The summed E-state index contributed by atoms with van der Waals surface area (Å²) in [5, 5.41) is 2.76. The van der Waals surface area contributed by atoms with Crippen LogP contribution in [0.3, 0.4) is 0 Å². The Labute approximate surface area is 111 Å². The molecule has 0 aliphatic carbocycles. The Morgan fingerprint density at radius 2 is 2.21 bits per heavy atom. The molecular weight excluding hydrogens is 259 g/mol. The third-order valence-corrected chi connectivity index (χ3v) is 3.19. The van der Waals surface area contributed by atoms with E-state index in [1.54, 1.807) is 0 Å². The summed E-state index contributed by atoms with van der Waals surface area (Å²) in [6.07, 6.45) is -2.45. The molecule has 0 spiro atoms. The van der Waals surface area contributed by atoms with Crippen LogP contribution in [-0.4, -0.2) is 49.2 Å². The van der Waals surface area contributed by atoms with E-state index < -0.39 is 12.7 Å². The maximum atomic E-state index is 12.2. The van der Waals surface area contributed by atoms with Gasteiger partial charge in [-0.3, -0.25) is 9.69 Å². The van der Waals surface area contributed by atoms with Crippen LogP contribution in [0.15, 0.2) is 0 Å². The lowest BCUT2D eigenvalue weighted by Crippen LogP contribution is -2.35. The molecule has 112 valence electrons. The number of hydrogen-bond acceptors (Lipinski definition) is 3. The fourth-order valence-electron chi connectivity index (χ4n) is 2.18. The van der Waals surface area contributed by atoms with Gasteiger partial charge in [0.15, 0.2) is 0 Å². The molecule has 1 fully saturated rings. The monoisotopic (exact) mass is 281 g/mol. The number of hydrogen-bond donors (Lipinski definition) is 2. The van der Waals surface area contributed by atoms with E-state index in [4.69, 9.17) is 5.73 Å². The first-order chi connectivity index (χ1) is 8.76. The van der Waals surface area contributed by atoms with Gasteiger partial charge in [0, 0.05) is 25.6 Å². The molecule has 1 amide bonds. The lowest BCUT2D eigenvalue weighted by atomic mass is 10.1. The van der Waals surface area contributed by atoms with Crippen LogP contribution in [0.25, 0.3) is 0 Å². The number of carbonyl (C=O) groups excluding carboxylic acids is 1. The van der Waals surface area contributed by atoms with Crippen molar-refractivity contribution in [2.75, 3.05) is 26.2 Å². The molecule has 0 saturated carbocycles. The highest BCUT2D eigenvalue weighted by Gasteiger charge is 2.34. The van der Waals surface area contributed by atoms with Crippen LogP contribution < -0.4 is 11.1 Å². The van der Waals surface area contributed by atoms with Gasteiger partial charge in [0.25, 0.3) is 0 Å². The van der Waals surface area contributed by atoms with Gasteiger partial charge >= 0.3 is 6.18 Å². The molecule has 1 aliphatic rings. The highest BCUT2D eigenvalue weighted by atomic mass is 19.4. The van der Waals surface area contributed by atoms with E-state index in [9.17, 15) is 18.0 Å². The molecule has 2 atom stereocenters. The summed E-state index contributed by atoms with van der Waals surface area (Å²) in [5.74, 6) is 0.0353. The fraction of sp³-hybridized carbons (Fsp3) is 0.917. The van der Waals surface area contributed by atoms with Gasteiger partial charge in [-0.1, -0.05) is 0 Å². The molecule has 1 saturated heterocycles. The molecule has 0 aromatic heterocycles. The van der Waals surface area contributed by atoms with Crippen LogP contribution in [0.5, 0.6) is 0 Å². The smallest absolute Gasteiger partial charge is 0.356 e. The Kier molecular flexibility index (Phi) is 6.06. The number of likely N-dealkylation sites (tertiary alicyclic amines) is 1. The second-order valence-corrected chi connectivity index (χ2v) is 5.33. The molecular formula is C12H22F3N3O. The molecule has 1 heterocycles. The summed E-state index contributed by atoms with van der Waals surface area (Å²) in [6.45, 7) is 2.26. The second kappa shape index (κ2) is 7.09. The number of nitrogens with one attached hydrogen (secondary N) is 1. The molecule has 0 radical (unpaired) electrons. The van der Waals surface area contributed by atoms with Gasteiger partial charge < -0.3 is 11.1 Å². The van der Waals surface area contributed by atoms with Crippen molar-refractivity contribution in [3.8, 4) is 0 Å². The Morgan fingerprint density at radius 3 is 2.79 bits per heavy atom. The maximum Gasteiger partial charge on any atom is 0.401 e. The van der Waals surface area contributed by atoms with E-state index in [1.807, 2.05) is 6.92 Å². The van der Waals surface area contributed by atoms with Gasteiger partial charge in [0.2, 0.25) is 5.91 Å². The molecule has 0 bridgehead atoms. The van der Waals surface area contributed by atoms with E-state index in [0.29, 0.717) is 38.9 Å². The number of nitrogens with zero attached hydrogens (tertiary/aromatic N) is 1. The Hall–Kier alpha value is -0.820. The predicted molar refractivity (Wildman–Crippen MR) is 66.5 cm³/mol. The minimum atomic E-state index is -4.14. The average molecular weight is 281 g/mol. The Bertz CT molecular complexity index is 294. The van der Waals surface area contributed by atoms with E-state index in [2.05, 4.69) is 5.32 Å². The lowest BCUT2D eigenvalue weighted by molar-refractivity contribution is -0.143. The maximum absolute atomic E-state index is 12.2. The highest BCUT2D eigenvalue weighted by Crippen LogP contribution is 2.22. The van der Waals surface area contributed by atoms with Crippen LogP contribution in [0.4, 0.5) is 13.2 Å². The van der Waals surface area contributed by atoms with Crippen molar-refractivity contribution in [1.29, 1.82) is 0 Å². The number of carbonyl (C=O) groups is 1. The van der Waals surface area contributed by atoms with Gasteiger partial charge in [-0.25, -0.2) is 0 Å². The van der Waals surface area contributed by atoms with E-state index in [0.717, 1.165) is 0 Å². The number of nitrogens with two attached hydrogens (primary N) is 1. The number of rotatable bonds is 6. The molecule has 4 nitrogen and oxygen atoms in total. The third kappa shape index (κ3) is 7.37. The first kappa shape index (κ1) is 16.2. The van der Waals surface area contributed by atoms with Gasteiger partial charge in [0.1, 0.15) is 0 Å². The third-order valence-electron chi connectivity index (χ3n) is 3.19. The topological polar surface area (TPSA) is 58.4 Å². The molecule has 0 aromatic carbocycles. The molecule has 1 aliphatic heterocycles. The van der Waals surface area contributed by atoms with Crippen molar-refractivity contribution in [1.82, 2.24) is 10.2 Å². The summed E-state index contributed by atoms with van der Waals surface area (Å²) in [5.41, 5.74) is 5.54. The van der Waals surface area contributed by atoms with Crippen LogP contribution in [-0.2, 0) is 4.79 Å². The Balaban J connectivity index is 2.16. The Morgan fingerprint density at radius 1 is 1.53 bits per heavy atom. The molecule has 7 heteroatoms. The first-order valence-corrected chi connectivity index (χ1v) is 6.57. The van der Waals surface area contributed by atoms with Crippen LogP contribution in [0, 0.1) is 5.92 Å². The fourth-order valence-corrected chi connectivity index (χ4v) is 2.18. The van der Waals surface area contributed by atoms with Crippen molar-refractivity contribution in [2.45, 2.75) is 38.4 Å².